The van der Waals surface area contributed by atoms with E-state index < -0.39 is 11.7 Å². The number of methoxy groups -OCH3 is 3. The monoisotopic (exact) mass is 470 g/mol. The first kappa shape index (κ1) is 24.6. The number of carbonyl (C=O) groups excluding carboxylic acids is 1. The van der Waals surface area contributed by atoms with E-state index in [9.17, 15) is 4.79 Å². The van der Waals surface area contributed by atoms with Crippen molar-refractivity contribution in [1.29, 1.82) is 0 Å². The van der Waals surface area contributed by atoms with Gasteiger partial charge in [0, 0.05) is 33.1 Å². The molecular weight excluding hydrogens is 444 g/mol. The first-order valence-electron chi connectivity index (χ1n) is 10.1. The molecule has 1 aliphatic carbocycles. The number of thioether (sulfide) groups is 1. The zero-order valence-corrected chi connectivity index (χ0v) is 20.0. The van der Waals surface area contributed by atoms with E-state index in [2.05, 4.69) is 15.1 Å². The third-order valence-electron chi connectivity index (χ3n) is 4.94. The maximum absolute atomic E-state index is 11.9. The molecule has 0 radical (unpaired) electrons. The summed E-state index contributed by atoms with van der Waals surface area (Å²) < 4.78 is 20.9. The summed E-state index contributed by atoms with van der Waals surface area (Å²) >= 11 is 1.31. The van der Waals surface area contributed by atoms with Crippen LogP contribution in [0.25, 0.3) is 11.4 Å². The molecule has 0 bridgehead atoms. The van der Waals surface area contributed by atoms with E-state index >= 15 is 0 Å². The maximum Gasteiger partial charge on any atom is 0.434 e. The third-order valence-corrected chi connectivity index (χ3v) is 5.62. The normalized spacial score (nSPS) is 18.9. The van der Waals surface area contributed by atoms with Gasteiger partial charge >= 0.3 is 6.09 Å². The molecule has 0 aliphatic heterocycles. The minimum atomic E-state index is -0.697. The van der Waals surface area contributed by atoms with Gasteiger partial charge in [-0.1, -0.05) is 23.4 Å². The van der Waals surface area contributed by atoms with Crippen molar-refractivity contribution < 1.29 is 23.5 Å². The van der Waals surface area contributed by atoms with Crippen molar-refractivity contribution in [1.82, 2.24) is 10.1 Å². The molecule has 1 amide bonds. The summed E-state index contributed by atoms with van der Waals surface area (Å²) in [6, 6.07) is 7.40. The van der Waals surface area contributed by atoms with Crippen LogP contribution in [0.15, 0.2) is 62.6 Å². The van der Waals surface area contributed by atoms with Gasteiger partial charge in [-0.25, -0.2) is 9.79 Å². The van der Waals surface area contributed by atoms with Crippen LogP contribution in [-0.2, 0) is 14.2 Å². The van der Waals surface area contributed by atoms with Gasteiger partial charge in [-0.15, -0.1) is 11.8 Å². The van der Waals surface area contributed by atoms with Crippen molar-refractivity contribution in [3.8, 4) is 11.4 Å². The highest BCUT2D eigenvalue weighted by Crippen LogP contribution is 2.30. The van der Waals surface area contributed by atoms with Crippen molar-refractivity contribution in [3.63, 3.8) is 0 Å². The second-order valence-corrected chi connectivity index (χ2v) is 7.96. The summed E-state index contributed by atoms with van der Waals surface area (Å²) in [6.07, 6.45) is 7.41. The van der Waals surface area contributed by atoms with Gasteiger partial charge in [0.1, 0.15) is 10.6 Å². The molecule has 2 aromatic rings. The average Bonchev–Trinajstić information content (AvgIpc) is 3.28. The number of hydrogen-bond donors (Lipinski definition) is 0. The topological polar surface area (TPSA) is 108 Å². The second-order valence-electron chi connectivity index (χ2n) is 7.17. The zero-order chi connectivity index (χ0) is 23.8. The lowest BCUT2D eigenvalue weighted by atomic mass is 9.88. The Kier molecular flexibility index (Phi) is 8.32. The van der Waals surface area contributed by atoms with Crippen molar-refractivity contribution in [2.24, 2.45) is 9.98 Å². The predicted molar refractivity (Wildman–Crippen MR) is 128 cm³/mol. The Morgan fingerprint density at radius 1 is 1.24 bits per heavy atom. The van der Waals surface area contributed by atoms with Crippen LogP contribution in [0.1, 0.15) is 12.3 Å². The van der Waals surface area contributed by atoms with Gasteiger partial charge in [0.25, 0.3) is 0 Å². The Labute approximate surface area is 196 Å². The summed E-state index contributed by atoms with van der Waals surface area (Å²) in [5, 5.41) is 4.37. The number of aliphatic imine (C=N–C) groups is 2. The third kappa shape index (κ3) is 6.04. The highest BCUT2D eigenvalue weighted by atomic mass is 32.2. The minimum absolute atomic E-state index is 0.367. The summed E-state index contributed by atoms with van der Waals surface area (Å²) in [7, 11) is 4.55. The fraction of sp³-hybridized carbons (Fsp3) is 0.348. The molecule has 1 atom stereocenters. The molecule has 0 fully saturated rings. The quantitative estimate of drug-likeness (QED) is 0.428. The van der Waals surface area contributed by atoms with E-state index in [0.717, 1.165) is 11.1 Å². The molecule has 10 heteroatoms. The van der Waals surface area contributed by atoms with Crippen LogP contribution in [0.3, 0.4) is 0 Å². The predicted octanol–water partition coefficient (Wildman–Crippen LogP) is 4.56. The molecule has 0 saturated carbocycles. The molecule has 174 valence electrons. The molecule has 0 spiro atoms. The highest BCUT2D eigenvalue weighted by molar-refractivity contribution is 8.15. The number of nitrogens with zero attached hydrogens (tertiary/aromatic N) is 4. The fourth-order valence-electron chi connectivity index (χ4n) is 3.30. The number of benzene rings is 1. The number of hydrogen-bond acceptors (Lipinski definition) is 9. The molecule has 1 unspecified atom stereocenters. The van der Waals surface area contributed by atoms with Crippen molar-refractivity contribution in [2.75, 3.05) is 34.2 Å². The number of ether oxygens (including phenoxy) is 3. The summed E-state index contributed by atoms with van der Waals surface area (Å²) in [4.78, 5) is 25.1. The maximum atomic E-state index is 11.9. The van der Waals surface area contributed by atoms with Crippen LogP contribution in [-0.4, -0.2) is 66.8 Å². The molecule has 1 aromatic heterocycles. The standard InChI is InChI=1S/C23H26N4O5S/c1-15-24-20(27-32-15)16-8-10-18(11-9-16)25-19(21(33-5)26-22(28)30-3)17-7-6-12-23(13-17,31-4)14-29-2/h6-12H,13-14H2,1-5H3. The van der Waals surface area contributed by atoms with Gasteiger partial charge in [0.05, 0.1) is 25.1 Å². The number of amides is 1. The Balaban J connectivity index is 2.03. The molecule has 1 heterocycles. The SMILES string of the molecule is COCC1(OC)C=CC=C(C(=Nc2ccc(-c3noc(C)n3)cc2)C(=NC(=O)OC)SC)C1. The van der Waals surface area contributed by atoms with Crippen LogP contribution in [0.4, 0.5) is 10.5 Å². The lowest BCUT2D eigenvalue weighted by Gasteiger charge is -2.32. The van der Waals surface area contributed by atoms with Gasteiger partial charge in [-0.05, 0) is 36.1 Å². The van der Waals surface area contributed by atoms with Gasteiger partial charge in [0.15, 0.2) is 0 Å². The second kappa shape index (κ2) is 11.2. The Morgan fingerprint density at radius 3 is 2.58 bits per heavy atom. The van der Waals surface area contributed by atoms with Crippen LogP contribution >= 0.6 is 11.8 Å². The number of rotatable bonds is 7. The smallest absolute Gasteiger partial charge is 0.434 e. The van der Waals surface area contributed by atoms with E-state index in [1.807, 2.05) is 48.7 Å². The molecule has 1 aliphatic rings. The van der Waals surface area contributed by atoms with Gasteiger partial charge in [0.2, 0.25) is 11.7 Å². The molecule has 0 N–H and O–H groups in total. The fourth-order valence-corrected chi connectivity index (χ4v) is 3.83. The summed E-state index contributed by atoms with van der Waals surface area (Å²) in [5.41, 5.74) is 2.24. The lowest BCUT2D eigenvalue weighted by molar-refractivity contribution is -0.0284. The lowest BCUT2D eigenvalue weighted by Crippen LogP contribution is -2.37. The first-order valence-corrected chi connectivity index (χ1v) is 11.3. The van der Waals surface area contributed by atoms with Gasteiger partial charge < -0.3 is 18.7 Å². The number of aromatic nitrogens is 2. The largest absolute Gasteiger partial charge is 0.451 e. The van der Waals surface area contributed by atoms with E-state index in [4.69, 9.17) is 23.7 Å². The number of allylic oxidation sites excluding steroid dienone is 2. The minimum Gasteiger partial charge on any atom is -0.451 e. The van der Waals surface area contributed by atoms with E-state index in [1.54, 1.807) is 21.1 Å². The first-order chi connectivity index (χ1) is 15.9. The zero-order valence-electron chi connectivity index (χ0n) is 19.2. The Hall–Kier alpha value is -3.08. The van der Waals surface area contributed by atoms with E-state index in [0.29, 0.717) is 41.2 Å². The Morgan fingerprint density at radius 2 is 2.00 bits per heavy atom. The van der Waals surface area contributed by atoms with Crippen LogP contribution in [0.5, 0.6) is 0 Å². The van der Waals surface area contributed by atoms with E-state index in [1.165, 1.54) is 18.9 Å². The number of aryl methyl sites for hydroxylation is 1. The van der Waals surface area contributed by atoms with Gasteiger partial charge in [-0.2, -0.15) is 9.98 Å². The molecule has 3 rings (SSSR count). The Bertz CT molecular complexity index is 1100. The molecular formula is C23H26N4O5S. The van der Waals surface area contributed by atoms with Gasteiger partial charge in [-0.3, -0.25) is 0 Å². The van der Waals surface area contributed by atoms with Crippen LogP contribution in [0, 0.1) is 6.92 Å². The number of carbonyl (C=O) groups is 1. The summed E-state index contributed by atoms with van der Waals surface area (Å²) in [6.45, 7) is 2.11. The average molecular weight is 471 g/mol. The van der Waals surface area contributed by atoms with Crippen molar-refractivity contribution in [3.05, 3.63) is 54.0 Å². The molecule has 9 nitrogen and oxygen atoms in total. The molecule has 33 heavy (non-hydrogen) atoms. The highest BCUT2D eigenvalue weighted by Gasteiger charge is 2.32. The summed E-state index contributed by atoms with van der Waals surface area (Å²) in [5.74, 6) is 0.998. The van der Waals surface area contributed by atoms with Crippen LogP contribution < -0.4 is 0 Å². The molecule has 0 saturated heterocycles. The van der Waals surface area contributed by atoms with Crippen molar-refractivity contribution >= 4 is 34.3 Å². The molecule has 1 aromatic carbocycles. The van der Waals surface area contributed by atoms with Crippen LogP contribution in [0.2, 0.25) is 0 Å². The van der Waals surface area contributed by atoms with E-state index in [-0.39, 0.29) is 0 Å². The van der Waals surface area contributed by atoms with Crippen molar-refractivity contribution in [2.45, 2.75) is 18.9 Å².